The maximum absolute atomic E-state index is 12.7. The predicted octanol–water partition coefficient (Wildman–Crippen LogP) is 8.10. The maximum Gasteiger partial charge on any atom is 0.471 e. The van der Waals surface area contributed by atoms with Crippen LogP contribution in [-0.4, -0.2) is 109 Å². The molecule has 0 saturated carbocycles. The van der Waals surface area contributed by atoms with Crippen molar-refractivity contribution in [3.63, 3.8) is 0 Å². The molecule has 2 amide bonds. The molecule has 2 heterocycles. The smallest absolute Gasteiger partial charge is 0.368 e. The first-order valence-corrected chi connectivity index (χ1v) is 22.3. The van der Waals surface area contributed by atoms with Crippen LogP contribution in [0.15, 0.2) is 75.3 Å². The van der Waals surface area contributed by atoms with Gasteiger partial charge in [0, 0.05) is 56.0 Å². The Hall–Kier alpha value is -3.79. The quantitative estimate of drug-likeness (QED) is 0.0910. The number of nitrogens with two attached hydrogens (primary N) is 1. The SMILES string of the molecule is C.CCN=C(N)N1CC(C)(C)C=N1.CCN=C(NS(=O)(=O)c1ccc(NC(=O)C(F)(F)F)c(Br)c1)N1CC(C)(C)C=N1.Cl.O=C(Nc1ccc(S(=O)(=O)Cl)cc1Br)C(F)(F)F.[2H]CF. The summed E-state index contributed by atoms with van der Waals surface area (Å²) in [5, 5.41) is 14.7. The largest absolute Gasteiger partial charge is 0.471 e. The molecule has 16 nitrogen and oxygen atoms in total. The first kappa shape index (κ1) is 59.2. The number of nitrogens with zero attached hydrogens (tertiary/aromatic N) is 6. The molecular weight excluding hydrogens is 1070 g/mol. The summed E-state index contributed by atoms with van der Waals surface area (Å²) in [4.78, 5) is 29.4. The number of nitrogens with one attached hydrogen (secondary N) is 3. The number of hydrazone groups is 2. The normalized spacial score (nSPS) is 15.7. The molecule has 29 heteroatoms. The van der Waals surface area contributed by atoms with Crippen molar-refractivity contribution in [2.75, 3.05) is 44.0 Å². The summed E-state index contributed by atoms with van der Waals surface area (Å²) in [6.07, 6.45) is -6.51. The lowest BCUT2D eigenvalue weighted by Crippen LogP contribution is -2.42. The van der Waals surface area contributed by atoms with Crippen molar-refractivity contribution in [1.29, 1.82) is 0 Å². The fraction of sp³-hybridized carbons (Fsp3) is 0.471. The summed E-state index contributed by atoms with van der Waals surface area (Å²) in [7, 11) is -4.06. The number of carbonyl (C=O) groups excluding carboxylic acids is 2. The van der Waals surface area contributed by atoms with Gasteiger partial charge in [0.1, 0.15) is 0 Å². The van der Waals surface area contributed by atoms with Crippen molar-refractivity contribution in [1.82, 2.24) is 14.7 Å². The molecule has 0 radical (unpaired) electrons. The van der Waals surface area contributed by atoms with Crippen LogP contribution in [0.3, 0.4) is 0 Å². The molecule has 2 aromatic carbocycles. The fourth-order valence-electron chi connectivity index (χ4n) is 4.30. The van der Waals surface area contributed by atoms with Gasteiger partial charge in [-0.1, -0.05) is 35.1 Å². The summed E-state index contributed by atoms with van der Waals surface area (Å²) < 4.78 is 138. The second-order valence-electron chi connectivity index (χ2n) is 13.4. The third kappa shape index (κ3) is 20.3. The number of amides is 2. The standard InChI is InChI=1S/C16H19BrF3N5O3S.C8H4BrClF3NO3S.C8H16N4.CH3F.CH4.ClH/c1-4-21-14(25-9-15(2,3)8-22-25)24-29(27,28)10-5-6-12(11(17)7-10)23-13(26)16(18,19)20;9-5-3-4(18(10,16)17)1-2-6(5)14-7(15)8(11,12)13;1-4-10-7(9)12-6-8(2,3)5-11-12;1-2;;/h5-8H,4,9H2,1-3H3,(H,21,24)(H,23,26);1-3H,(H,14,15);5H,4,6H2,1-3H3,(H2,9,10);1H3;1H4;1H/i;;;1D;;. The Morgan fingerprint density at radius 2 is 1.21 bits per heavy atom. The van der Waals surface area contributed by atoms with Gasteiger partial charge in [-0.25, -0.2) is 31.6 Å². The second-order valence-corrected chi connectivity index (χ2v) is 19.4. The average molecular weight is 1120 g/mol. The predicted molar refractivity (Wildman–Crippen MR) is 240 cm³/mol. The Kier molecular flexibility index (Phi) is 23.5. The van der Waals surface area contributed by atoms with E-state index in [0.29, 0.717) is 25.6 Å². The molecule has 0 aliphatic carbocycles. The number of sulfonamides is 1. The number of carbonyl (C=O) groups is 2. The Morgan fingerprint density at radius 3 is 1.54 bits per heavy atom. The van der Waals surface area contributed by atoms with Crippen LogP contribution in [0.5, 0.6) is 0 Å². The van der Waals surface area contributed by atoms with Gasteiger partial charge >= 0.3 is 24.2 Å². The molecule has 4 rings (SSSR count). The van der Waals surface area contributed by atoms with Gasteiger partial charge in [0.15, 0.2) is 0 Å². The second kappa shape index (κ2) is 25.1. The van der Waals surface area contributed by atoms with E-state index in [2.05, 4.69) is 70.6 Å². The molecule has 2 aliphatic rings. The topological polar surface area (TPSA) is 220 Å². The number of benzene rings is 2. The molecule has 358 valence electrons. The van der Waals surface area contributed by atoms with Crippen LogP contribution >= 0.6 is 54.9 Å². The molecule has 0 saturated heterocycles. The first-order valence-electron chi connectivity index (χ1n) is 17.6. The van der Waals surface area contributed by atoms with Crippen molar-refractivity contribution in [3.05, 3.63) is 45.3 Å². The number of halogens is 11. The molecule has 0 fully saturated rings. The van der Waals surface area contributed by atoms with Crippen LogP contribution in [0.1, 0.15) is 50.3 Å². The van der Waals surface area contributed by atoms with E-state index < -0.39 is 50.4 Å². The fourth-order valence-corrected chi connectivity index (χ4v) is 7.38. The van der Waals surface area contributed by atoms with Gasteiger partial charge in [-0.2, -0.15) is 36.5 Å². The maximum atomic E-state index is 12.7. The molecule has 63 heavy (non-hydrogen) atoms. The summed E-state index contributed by atoms with van der Waals surface area (Å²) in [5.41, 5.74) is 5.09. The highest BCUT2D eigenvalue weighted by molar-refractivity contribution is 9.11. The minimum atomic E-state index is -5.07. The first-order chi connectivity index (χ1) is 28.2. The number of alkyl halides is 7. The summed E-state index contributed by atoms with van der Waals surface area (Å²) in [6.45, 7) is 14.0. The van der Waals surface area contributed by atoms with Gasteiger partial charge in [-0.05, 0) is 82.1 Å². The number of guanidine groups is 2. The molecule has 0 bridgehead atoms. The lowest BCUT2D eigenvalue weighted by Gasteiger charge is -2.21. The number of aliphatic imine (C=N–C) groups is 2. The third-order valence-electron chi connectivity index (χ3n) is 7.05. The van der Waals surface area contributed by atoms with Crippen LogP contribution in [0.2, 0.25) is 0 Å². The van der Waals surface area contributed by atoms with E-state index in [-0.39, 0.29) is 66.7 Å². The molecule has 0 spiro atoms. The van der Waals surface area contributed by atoms with Gasteiger partial charge in [0.05, 0.1) is 42.8 Å². The number of anilines is 2. The minimum absolute atomic E-state index is 0. The lowest BCUT2D eigenvalue weighted by atomic mass is 9.97. The molecular formula is C34H47Br2Cl2F7N10O6S2. The number of hydrogen-bond donors (Lipinski definition) is 4. The molecule has 0 unspecified atom stereocenters. The Bertz CT molecular complexity index is 2260. The average Bonchev–Trinajstić information content (AvgIpc) is 3.69. The van der Waals surface area contributed by atoms with Crippen LogP contribution in [-0.2, 0) is 28.7 Å². The molecule has 0 atom stereocenters. The van der Waals surface area contributed by atoms with Gasteiger partial charge in [-0.3, -0.25) is 24.0 Å². The van der Waals surface area contributed by atoms with E-state index in [4.69, 9.17) is 17.8 Å². The van der Waals surface area contributed by atoms with Crippen LogP contribution in [0.4, 0.5) is 42.1 Å². The molecule has 0 aromatic heterocycles. The summed E-state index contributed by atoms with van der Waals surface area (Å²) >= 11 is 5.80. The monoisotopic (exact) mass is 1120 g/mol. The van der Waals surface area contributed by atoms with Gasteiger partial charge in [-0.15, -0.1) is 12.4 Å². The Labute approximate surface area is 390 Å². The van der Waals surface area contributed by atoms with Crippen LogP contribution < -0.4 is 21.1 Å². The van der Waals surface area contributed by atoms with Crippen molar-refractivity contribution >= 4 is 122 Å². The minimum Gasteiger partial charge on any atom is -0.368 e. The van der Waals surface area contributed by atoms with E-state index in [1.165, 1.54) is 5.01 Å². The highest BCUT2D eigenvalue weighted by Crippen LogP contribution is 2.30. The zero-order valence-corrected chi connectivity index (χ0v) is 39.7. The summed E-state index contributed by atoms with van der Waals surface area (Å²) in [6, 6.07) is 6.14. The highest BCUT2D eigenvalue weighted by Gasteiger charge is 2.40. The van der Waals surface area contributed by atoms with E-state index in [1.54, 1.807) is 28.8 Å². The van der Waals surface area contributed by atoms with Crippen LogP contribution in [0, 0.1) is 10.8 Å². The zero-order valence-electron chi connectivity index (χ0n) is 34.4. The number of hydrogen-bond acceptors (Lipinski definition) is 10. The van der Waals surface area contributed by atoms with Gasteiger partial charge in [0.2, 0.25) is 11.9 Å². The Morgan fingerprint density at radius 1 is 0.825 bits per heavy atom. The van der Waals surface area contributed by atoms with Crippen LogP contribution in [0.25, 0.3) is 0 Å². The van der Waals surface area contributed by atoms with Crippen molar-refractivity contribution in [2.45, 2.75) is 71.1 Å². The van der Waals surface area contributed by atoms with Crippen molar-refractivity contribution in [3.8, 4) is 0 Å². The molecule has 5 N–H and O–H groups in total. The van der Waals surface area contributed by atoms with E-state index >= 15 is 0 Å². The van der Waals surface area contributed by atoms with Crippen molar-refractivity contribution in [2.24, 2.45) is 36.8 Å². The third-order valence-corrected chi connectivity index (χ3v) is 11.0. The zero-order chi connectivity index (χ0) is 48.1. The lowest BCUT2D eigenvalue weighted by molar-refractivity contribution is -0.167. The van der Waals surface area contributed by atoms with E-state index in [0.717, 1.165) is 42.9 Å². The van der Waals surface area contributed by atoms with E-state index in [1.807, 2.05) is 27.0 Å². The summed E-state index contributed by atoms with van der Waals surface area (Å²) in [5.74, 6) is -3.79. The number of rotatable bonds is 7. The van der Waals surface area contributed by atoms with Gasteiger partial charge < -0.3 is 16.4 Å². The van der Waals surface area contributed by atoms with Crippen molar-refractivity contribution < 1.29 is 58.5 Å². The molecule has 2 aromatic rings. The molecule has 2 aliphatic heterocycles. The Balaban J connectivity index is 0. The van der Waals surface area contributed by atoms with Gasteiger partial charge in [0.25, 0.3) is 19.1 Å². The highest BCUT2D eigenvalue weighted by atomic mass is 79.9. The van der Waals surface area contributed by atoms with E-state index in [9.17, 15) is 57.2 Å².